The van der Waals surface area contributed by atoms with Gasteiger partial charge in [0.05, 0.1) is 26.3 Å². The monoisotopic (exact) mass is 249 g/mol. The van der Waals surface area contributed by atoms with Crippen molar-refractivity contribution in [3.8, 4) is 11.5 Å². The Morgan fingerprint density at radius 3 is 2.50 bits per heavy atom. The Labute approximate surface area is 105 Å². The van der Waals surface area contributed by atoms with E-state index in [0.29, 0.717) is 23.8 Å². The van der Waals surface area contributed by atoms with Crippen molar-refractivity contribution in [1.82, 2.24) is 4.98 Å². The molecule has 5 heteroatoms. The van der Waals surface area contributed by atoms with Gasteiger partial charge in [0.1, 0.15) is 17.2 Å². The third-order valence-corrected chi connectivity index (χ3v) is 2.65. The van der Waals surface area contributed by atoms with Crippen LogP contribution in [0.25, 0.3) is 10.9 Å². The second-order valence-electron chi connectivity index (χ2n) is 3.66. The predicted molar refractivity (Wildman–Crippen MR) is 67.4 cm³/mol. The van der Waals surface area contributed by atoms with Crippen LogP contribution in [0.4, 0.5) is 0 Å². The van der Waals surface area contributed by atoms with Gasteiger partial charge in [-0.15, -0.1) is 0 Å². The van der Waals surface area contributed by atoms with Crippen LogP contribution < -0.4 is 9.47 Å². The van der Waals surface area contributed by atoms with Gasteiger partial charge in [-0.1, -0.05) is 0 Å². The molecule has 18 heavy (non-hydrogen) atoms. The molecule has 1 aromatic heterocycles. The van der Waals surface area contributed by atoms with E-state index in [2.05, 4.69) is 4.98 Å². The number of esters is 1. The Morgan fingerprint density at radius 1 is 1.22 bits per heavy atom. The molecule has 0 spiro atoms. The first-order valence-electron chi connectivity index (χ1n) is 5.62. The summed E-state index contributed by atoms with van der Waals surface area (Å²) in [6.45, 7) is 2.10. The molecule has 1 heterocycles. The molecule has 0 bridgehead atoms. The van der Waals surface area contributed by atoms with Gasteiger partial charge in [-0.3, -0.25) is 0 Å². The van der Waals surface area contributed by atoms with Gasteiger partial charge in [0.15, 0.2) is 0 Å². The maximum Gasteiger partial charge on any atom is 0.354 e. The number of carbonyl (C=O) groups excluding carboxylic acids is 1. The fourth-order valence-electron chi connectivity index (χ4n) is 1.83. The summed E-state index contributed by atoms with van der Waals surface area (Å²) in [4.78, 5) is 14.7. The molecule has 0 aliphatic rings. The first-order valence-corrected chi connectivity index (χ1v) is 5.62. The number of benzene rings is 1. The van der Waals surface area contributed by atoms with Crippen molar-refractivity contribution in [3.63, 3.8) is 0 Å². The third kappa shape index (κ3) is 1.99. The van der Waals surface area contributed by atoms with Gasteiger partial charge in [-0.25, -0.2) is 4.79 Å². The van der Waals surface area contributed by atoms with Gasteiger partial charge >= 0.3 is 5.97 Å². The van der Waals surface area contributed by atoms with Crippen LogP contribution in [-0.2, 0) is 4.74 Å². The summed E-state index contributed by atoms with van der Waals surface area (Å²) in [7, 11) is 3.16. The van der Waals surface area contributed by atoms with E-state index in [1.165, 1.54) is 0 Å². The molecule has 1 N–H and O–H groups in total. The van der Waals surface area contributed by atoms with Crippen LogP contribution in [-0.4, -0.2) is 31.8 Å². The number of rotatable bonds is 4. The van der Waals surface area contributed by atoms with Crippen molar-refractivity contribution in [2.75, 3.05) is 20.8 Å². The van der Waals surface area contributed by atoms with E-state index in [1.54, 1.807) is 39.3 Å². The Kier molecular flexibility index (Phi) is 3.41. The van der Waals surface area contributed by atoms with Gasteiger partial charge in [0.2, 0.25) is 0 Å². The van der Waals surface area contributed by atoms with Crippen LogP contribution in [0.2, 0.25) is 0 Å². The van der Waals surface area contributed by atoms with Gasteiger partial charge in [-0.2, -0.15) is 0 Å². The zero-order chi connectivity index (χ0) is 13.1. The number of carbonyl (C=O) groups is 1. The lowest BCUT2D eigenvalue weighted by Gasteiger charge is -2.05. The Morgan fingerprint density at radius 2 is 1.89 bits per heavy atom. The molecule has 1 aromatic carbocycles. The average Bonchev–Trinajstić information content (AvgIpc) is 2.82. The first-order chi connectivity index (χ1) is 8.71. The van der Waals surface area contributed by atoms with E-state index >= 15 is 0 Å². The number of hydrogen-bond acceptors (Lipinski definition) is 4. The lowest BCUT2D eigenvalue weighted by Crippen LogP contribution is -2.04. The van der Waals surface area contributed by atoms with Crippen molar-refractivity contribution in [2.45, 2.75) is 6.92 Å². The number of hydrogen-bond donors (Lipinski definition) is 1. The number of ether oxygens (including phenoxy) is 3. The highest BCUT2D eigenvalue weighted by atomic mass is 16.5. The summed E-state index contributed by atoms with van der Waals surface area (Å²) in [5, 5.41) is 0.792. The van der Waals surface area contributed by atoms with Crippen molar-refractivity contribution >= 4 is 16.9 Å². The molecule has 2 rings (SSSR count). The Balaban J connectivity index is 2.57. The van der Waals surface area contributed by atoms with E-state index in [0.717, 1.165) is 10.9 Å². The van der Waals surface area contributed by atoms with Crippen molar-refractivity contribution in [1.29, 1.82) is 0 Å². The second kappa shape index (κ2) is 5.00. The lowest BCUT2D eigenvalue weighted by molar-refractivity contribution is 0.0520. The molecule has 0 unspecified atom stereocenters. The molecule has 0 amide bonds. The van der Waals surface area contributed by atoms with E-state index in [9.17, 15) is 4.79 Å². The topological polar surface area (TPSA) is 60.6 Å². The molecule has 0 radical (unpaired) electrons. The van der Waals surface area contributed by atoms with Crippen LogP contribution in [0, 0.1) is 0 Å². The van der Waals surface area contributed by atoms with Crippen LogP contribution in [0.15, 0.2) is 18.2 Å². The van der Waals surface area contributed by atoms with E-state index in [4.69, 9.17) is 14.2 Å². The maximum absolute atomic E-state index is 11.7. The molecule has 2 aromatic rings. The van der Waals surface area contributed by atoms with Crippen molar-refractivity contribution < 1.29 is 19.0 Å². The molecule has 5 nitrogen and oxygen atoms in total. The van der Waals surface area contributed by atoms with Crippen LogP contribution in [0.5, 0.6) is 11.5 Å². The van der Waals surface area contributed by atoms with Crippen LogP contribution in [0.1, 0.15) is 17.4 Å². The lowest BCUT2D eigenvalue weighted by atomic mass is 10.2. The summed E-state index contributed by atoms with van der Waals surface area (Å²) in [6.07, 6.45) is 0. The van der Waals surface area contributed by atoms with Gasteiger partial charge in [-0.05, 0) is 25.1 Å². The van der Waals surface area contributed by atoms with Gasteiger partial charge in [0, 0.05) is 5.39 Å². The summed E-state index contributed by atoms with van der Waals surface area (Å²) in [6, 6.07) is 5.28. The highest BCUT2D eigenvalue weighted by Gasteiger charge is 2.15. The molecule has 0 fully saturated rings. The van der Waals surface area contributed by atoms with E-state index < -0.39 is 5.97 Å². The Bertz CT molecular complexity index is 533. The summed E-state index contributed by atoms with van der Waals surface area (Å²) in [5.41, 5.74) is 1.11. The van der Waals surface area contributed by atoms with E-state index in [-0.39, 0.29) is 0 Å². The normalized spacial score (nSPS) is 10.4. The summed E-state index contributed by atoms with van der Waals surface area (Å²) in [5.74, 6) is 0.941. The number of methoxy groups -OCH3 is 2. The number of aromatic amines is 1. The largest absolute Gasteiger partial charge is 0.496 e. The zero-order valence-corrected chi connectivity index (χ0v) is 10.6. The van der Waals surface area contributed by atoms with Crippen LogP contribution >= 0.6 is 0 Å². The molecule has 96 valence electrons. The molecule has 0 atom stereocenters. The third-order valence-electron chi connectivity index (χ3n) is 2.65. The van der Waals surface area contributed by atoms with Crippen molar-refractivity contribution in [3.05, 3.63) is 23.9 Å². The second-order valence-corrected chi connectivity index (χ2v) is 3.66. The highest BCUT2D eigenvalue weighted by Crippen LogP contribution is 2.33. The number of fused-ring (bicyclic) bond motifs is 1. The number of H-pyrrole nitrogens is 1. The maximum atomic E-state index is 11.7. The SMILES string of the molecule is CCOC(=O)c1cc2c(OC)ccc(OC)c2[nH]1. The minimum atomic E-state index is -0.391. The molecular formula is C13H15NO4. The standard InChI is InChI=1S/C13H15NO4/c1-4-18-13(15)9-7-8-10(16-2)5-6-11(17-3)12(8)14-9/h5-7,14H,4H2,1-3H3. The van der Waals surface area contributed by atoms with Gasteiger partial charge in [0.25, 0.3) is 0 Å². The molecular weight excluding hydrogens is 234 g/mol. The summed E-state index contributed by atoms with van der Waals surface area (Å²) < 4.78 is 15.4. The molecule has 0 saturated heterocycles. The van der Waals surface area contributed by atoms with Gasteiger partial charge < -0.3 is 19.2 Å². The minimum Gasteiger partial charge on any atom is -0.496 e. The van der Waals surface area contributed by atoms with Crippen molar-refractivity contribution in [2.24, 2.45) is 0 Å². The summed E-state index contributed by atoms with van der Waals surface area (Å²) >= 11 is 0. The average molecular weight is 249 g/mol. The fourth-order valence-corrected chi connectivity index (χ4v) is 1.83. The minimum absolute atomic E-state index is 0.336. The Hall–Kier alpha value is -2.17. The molecule has 0 aliphatic heterocycles. The number of nitrogens with one attached hydrogen (secondary N) is 1. The smallest absolute Gasteiger partial charge is 0.354 e. The first kappa shape index (κ1) is 12.3. The highest BCUT2D eigenvalue weighted by molar-refractivity contribution is 5.99. The molecule has 0 aliphatic carbocycles. The van der Waals surface area contributed by atoms with E-state index in [1.807, 2.05) is 0 Å². The zero-order valence-electron chi connectivity index (χ0n) is 10.6. The quantitative estimate of drug-likeness (QED) is 0.845. The number of aromatic nitrogens is 1. The predicted octanol–water partition coefficient (Wildman–Crippen LogP) is 2.36. The fraction of sp³-hybridized carbons (Fsp3) is 0.308. The van der Waals surface area contributed by atoms with Crippen LogP contribution in [0.3, 0.4) is 0 Å². The molecule has 0 saturated carbocycles.